The Labute approximate surface area is 228 Å². The molecule has 0 amide bonds. The molecule has 0 saturated heterocycles. The van der Waals surface area contributed by atoms with Crippen LogP contribution in [-0.2, 0) is 38.6 Å². The van der Waals surface area contributed by atoms with Crippen LogP contribution >= 0.6 is 0 Å². The zero-order valence-corrected chi connectivity index (χ0v) is 26.0. The minimum Gasteiger partial charge on any atom is -0.374 e. The Morgan fingerprint density at radius 2 is 0.730 bits per heavy atom. The van der Waals surface area contributed by atoms with E-state index in [0.29, 0.717) is 39.6 Å². The van der Waals surface area contributed by atoms with E-state index in [4.69, 9.17) is 26.6 Å². The molecule has 2 aromatic carbocycles. The molecule has 210 valence electrons. The van der Waals surface area contributed by atoms with Crippen LogP contribution in [0.25, 0.3) is 0 Å². The van der Waals surface area contributed by atoms with Crippen molar-refractivity contribution in [1.29, 1.82) is 0 Å². The van der Waals surface area contributed by atoms with Crippen LogP contribution in [0.2, 0.25) is 0 Å². The molecule has 2 aromatic rings. The first-order chi connectivity index (χ1) is 18.0. The van der Waals surface area contributed by atoms with Crippen LogP contribution in [-0.4, -0.2) is 57.3 Å². The van der Waals surface area contributed by atoms with Crippen LogP contribution < -0.4 is 0 Å². The van der Waals surface area contributed by atoms with Crippen molar-refractivity contribution < 1.29 is 26.6 Å². The third-order valence-electron chi connectivity index (χ3n) is 5.20. The summed E-state index contributed by atoms with van der Waals surface area (Å²) < 4.78 is 35.7. The molecule has 0 saturated carbocycles. The lowest BCUT2D eigenvalue weighted by Gasteiger charge is -2.29. The smallest absolute Gasteiger partial charge is 0.374 e. The summed E-state index contributed by atoms with van der Waals surface area (Å²) in [4.78, 5) is 0. The van der Waals surface area contributed by atoms with Gasteiger partial charge in [0.05, 0.1) is 0 Å². The monoisotopic (exact) mass is 550 g/mol. The lowest BCUT2D eigenvalue weighted by molar-refractivity contribution is 0.0583. The topological polar surface area (TPSA) is 55.4 Å². The minimum atomic E-state index is -2.60. The van der Waals surface area contributed by atoms with Crippen molar-refractivity contribution in [3.05, 3.63) is 71.8 Å². The number of rotatable bonds is 19. The second-order valence-corrected chi connectivity index (χ2v) is 13.7. The number of hydrogen-bond donors (Lipinski definition) is 0. The summed E-state index contributed by atoms with van der Waals surface area (Å²) in [5, 5.41) is 0. The molecule has 6 nitrogen and oxygen atoms in total. The summed E-state index contributed by atoms with van der Waals surface area (Å²) >= 11 is 0. The van der Waals surface area contributed by atoms with Crippen molar-refractivity contribution in [3.63, 3.8) is 0 Å². The molecule has 0 bridgehead atoms. The lowest BCUT2D eigenvalue weighted by Crippen LogP contribution is -2.49. The predicted octanol–water partition coefficient (Wildman–Crippen LogP) is 6.80. The molecule has 0 N–H and O–H groups in total. The molecule has 0 atom stereocenters. The molecular weight excluding hydrogens is 500 g/mol. The molecule has 0 heterocycles. The van der Waals surface area contributed by atoms with Crippen molar-refractivity contribution in [2.24, 2.45) is 0 Å². The minimum absolute atomic E-state index is 0.624. The first kappa shape index (κ1) is 33.7. The third-order valence-corrected chi connectivity index (χ3v) is 11.0. The zero-order chi connectivity index (χ0) is 27.2. The fourth-order valence-corrected chi connectivity index (χ4v) is 9.13. The fraction of sp³-hybridized carbons (Fsp3) is 0.586. The van der Waals surface area contributed by atoms with E-state index in [0.717, 1.165) is 31.4 Å². The van der Waals surface area contributed by atoms with Gasteiger partial charge >= 0.3 is 17.6 Å². The van der Waals surface area contributed by atoms with E-state index in [-0.39, 0.29) is 0 Å². The zero-order valence-electron chi connectivity index (χ0n) is 24.0. The molecule has 0 aliphatic heterocycles. The Kier molecular flexibility index (Phi) is 18.7. The summed E-state index contributed by atoms with van der Waals surface area (Å²) in [6.45, 7) is 16.2. The van der Waals surface area contributed by atoms with E-state index in [9.17, 15) is 0 Å². The Bertz CT molecular complexity index is 740. The van der Waals surface area contributed by atoms with E-state index in [2.05, 4.69) is 45.0 Å². The van der Waals surface area contributed by atoms with Crippen molar-refractivity contribution in [3.8, 4) is 0 Å². The highest BCUT2D eigenvalue weighted by Gasteiger charge is 2.41. The van der Waals surface area contributed by atoms with Gasteiger partial charge < -0.3 is 26.6 Å². The van der Waals surface area contributed by atoms with Crippen molar-refractivity contribution in [2.45, 2.75) is 72.9 Å². The van der Waals surface area contributed by atoms with Gasteiger partial charge in [0.1, 0.15) is 0 Å². The van der Waals surface area contributed by atoms with E-state index >= 15 is 0 Å². The van der Waals surface area contributed by atoms with Crippen LogP contribution in [0.15, 0.2) is 60.7 Å². The normalized spacial score (nSPS) is 11.7. The Balaban J connectivity index is 0.000000375. The Morgan fingerprint density at radius 1 is 0.432 bits per heavy atom. The van der Waals surface area contributed by atoms with E-state index in [1.54, 1.807) is 0 Å². The van der Waals surface area contributed by atoms with E-state index < -0.39 is 17.6 Å². The van der Waals surface area contributed by atoms with E-state index in [1.165, 1.54) is 11.1 Å². The van der Waals surface area contributed by atoms with Gasteiger partial charge in [-0.3, -0.25) is 0 Å². The number of benzene rings is 2. The second-order valence-electron chi connectivity index (χ2n) is 8.54. The van der Waals surface area contributed by atoms with Crippen molar-refractivity contribution >= 4 is 17.6 Å². The van der Waals surface area contributed by atoms with Crippen molar-refractivity contribution in [1.82, 2.24) is 0 Å². The molecule has 0 unspecified atom stereocenters. The molecule has 0 spiro atoms. The average molecular weight is 551 g/mol. The molecule has 0 aromatic heterocycles. The summed E-state index contributed by atoms with van der Waals surface area (Å²) in [6, 6.07) is 22.1. The summed E-state index contributed by atoms with van der Waals surface area (Å²) in [6.07, 6.45) is 2.94. The highest BCUT2D eigenvalue weighted by Crippen LogP contribution is 2.19. The van der Waals surface area contributed by atoms with Crippen LogP contribution in [0.4, 0.5) is 0 Å². The Hall–Kier alpha value is -1.37. The predicted molar refractivity (Wildman–Crippen MR) is 155 cm³/mol. The quantitative estimate of drug-likeness (QED) is 0.179. The van der Waals surface area contributed by atoms with Gasteiger partial charge in [-0.15, -0.1) is 0 Å². The largest absolute Gasteiger partial charge is 0.505 e. The first-order valence-corrected chi connectivity index (χ1v) is 17.8. The van der Waals surface area contributed by atoms with Crippen LogP contribution in [0, 0.1) is 0 Å². The lowest BCUT2D eigenvalue weighted by atomic mass is 10.2. The number of hydrogen-bond acceptors (Lipinski definition) is 6. The summed E-state index contributed by atoms with van der Waals surface area (Å²) in [7, 11) is -5.14. The van der Waals surface area contributed by atoms with Gasteiger partial charge in [-0.05, 0) is 51.2 Å². The van der Waals surface area contributed by atoms with Gasteiger partial charge in [-0.2, -0.15) is 0 Å². The van der Waals surface area contributed by atoms with Crippen LogP contribution in [0.1, 0.15) is 71.9 Å². The highest BCUT2D eigenvalue weighted by molar-refractivity contribution is 6.60. The van der Waals surface area contributed by atoms with Gasteiger partial charge in [0.15, 0.2) is 0 Å². The maximum Gasteiger partial charge on any atom is 0.505 e. The Morgan fingerprint density at radius 3 is 1.00 bits per heavy atom. The first-order valence-electron chi connectivity index (χ1n) is 13.9. The molecule has 2 rings (SSSR count). The maximum absolute atomic E-state index is 6.08. The van der Waals surface area contributed by atoms with Gasteiger partial charge in [0.25, 0.3) is 0 Å². The molecule has 8 heteroatoms. The molecule has 0 aliphatic rings. The summed E-state index contributed by atoms with van der Waals surface area (Å²) in [5.74, 6) is 0. The molecule has 0 aliphatic carbocycles. The third kappa shape index (κ3) is 13.8. The molecule has 0 fully saturated rings. The van der Waals surface area contributed by atoms with E-state index in [1.807, 2.05) is 57.2 Å². The van der Waals surface area contributed by atoms with Crippen molar-refractivity contribution in [2.75, 3.05) is 39.6 Å². The SMILES string of the molecule is CCCO[Si](Cc1ccccc1)(OCCC)OCCC.CCO[Si](Cc1ccccc1)(OCC)OCC. The van der Waals surface area contributed by atoms with Gasteiger partial charge in [-0.1, -0.05) is 81.4 Å². The van der Waals surface area contributed by atoms with Crippen LogP contribution in [0.3, 0.4) is 0 Å². The molecule has 37 heavy (non-hydrogen) atoms. The maximum atomic E-state index is 6.08. The molecular formula is C29H50O6Si2. The highest BCUT2D eigenvalue weighted by atomic mass is 28.4. The summed E-state index contributed by atoms with van der Waals surface area (Å²) in [5.41, 5.74) is 2.43. The molecule has 0 radical (unpaired) electrons. The average Bonchev–Trinajstić information content (AvgIpc) is 2.91. The van der Waals surface area contributed by atoms with Gasteiger partial charge in [0.2, 0.25) is 0 Å². The standard InChI is InChI=1S/C16H28O3Si.C13H22O3Si/c1-4-12-17-20(18-13-5-2,19-14-6-3)15-16-10-8-7-9-11-16;1-4-14-17(15-5-2,16-6-3)12-13-10-8-7-9-11-13/h7-11H,4-6,12-15H2,1-3H3;7-11H,4-6,12H2,1-3H3. The van der Waals surface area contributed by atoms with Crippen LogP contribution in [0.5, 0.6) is 0 Å². The van der Waals surface area contributed by atoms with Gasteiger partial charge in [-0.25, -0.2) is 0 Å². The van der Waals surface area contributed by atoms with Gasteiger partial charge in [0, 0.05) is 51.7 Å². The second kappa shape index (κ2) is 20.6. The fourth-order valence-electron chi connectivity index (χ4n) is 3.68.